The Morgan fingerprint density at radius 1 is 1.15 bits per heavy atom. The Morgan fingerprint density at radius 2 is 1.95 bits per heavy atom. The fraction of sp³-hybridized carbons (Fsp3) is 0.412. The monoisotopic (exact) mass is 272 g/mol. The first kappa shape index (κ1) is 14.7. The summed E-state index contributed by atoms with van der Waals surface area (Å²) in [4.78, 5) is 2.19. The van der Waals surface area contributed by atoms with Gasteiger partial charge in [0, 0.05) is 24.7 Å². The summed E-state index contributed by atoms with van der Waals surface area (Å²) >= 11 is 0. The molecule has 0 amide bonds. The second-order valence-corrected chi connectivity index (χ2v) is 5.56. The molecule has 1 atom stereocenters. The first-order chi connectivity index (χ1) is 9.65. The van der Waals surface area contributed by atoms with Crippen molar-refractivity contribution < 1.29 is 4.42 Å². The smallest absolute Gasteiger partial charge is 0.103 e. The molecule has 0 radical (unpaired) electrons. The summed E-state index contributed by atoms with van der Waals surface area (Å²) < 4.78 is 5.38. The summed E-state index contributed by atoms with van der Waals surface area (Å²) in [6.07, 6.45) is 3.76. The van der Waals surface area contributed by atoms with Crippen LogP contribution in [0.1, 0.15) is 24.7 Å². The van der Waals surface area contributed by atoms with Crippen LogP contribution in [0.25, 0.3) is 0 Å². The minimum absolute atomic E-state index is 0.420. The molecular weight excluding hydrogens is 248 g/mol. The second-order valence-electron chi connectivity index (χ2n) is 5.56. The number of aryl methyl sites for hydroxylation is 1. The van der Waals surface area contributed by atoms with E-state index in [0.29, 0.717) is 6.04 Å². The van der Waals surface area contributed by atoms with Crippen LogP contribution < -0.4 is 5.32 Å². The lowest BCUT2D eigenvalue weighted by molar-refractivity contribution is 0.403. The first-order valence-electron chi connectivity index (χ1n) is 7.16. The van der Waals surface area contributed by atoms with Crippen LogP contribution in [0, 0.1) is 0 Å². The Labute approximate surface area is 121 Å². The number of furan rings is 1. The van der Waals surface area contributed by atoms with Gasteiger partial charge in [-0.2, -0.15) is 0 Å². The quantitative estimate of drug-likeness (QED) is 0.831. The normalized spacial score (nSPS) is 12.6. The summed E-state index contributed by atoms with van der Waals surface area (Å²) in [6, 6.07) is 12.9. The first-order valence-corrected chi connectivity index (χ1v) is 7.16. The number of benzene rings is 1. The van der Waals surface area contributed by atoms with Crippen molar-refractivity contribution in [2.75, 3.05) is 19.4 Å². The fourth-order valence-corrected chi connectivity index (χ4v) is 2.29. The molecule has 2 aromatic rings. The Kier molecular flexibility index (Phi) is 5.24. The zero-order valence-electron chi connectivity index (χ0n) is 12.6. The molecule has 1 unspecified atom stereocenters. The SMILES string of the molecule is CC(CCc1ccco1)Nc1ccccc1CN(C)C. The largest absolute Gasteiger partial charge is 0.469 e. The van der Waals surface area contributed by atoms with E-state index >= 15 is 0 Å². The van der Waals surface area contributed by atoms with Crippen LogP contribution in [0.3, 0.4) is 0 Å². The van der Waals surface area contributed by atoms with Crippen molar-refractivity contribution in [2.24, 2.45) is 0 Å². The maximum absolute atomic E-state index is 5.38. The van der Waals surface area contributed by atoms with Crippen molar-refractivity contribution in [3.05, 3.63) is 54.0 Å². The van der Waals surface area contributed by atoms with E-state index in [9.17, 15) is 0 Å². The number of hydrogen-bond donors (Lipinski definition) is 1. The number of anilines is 1. The van der Waals surface area contributed by atoms with E-state index in [0.717, 1.165) is 25.1 Å². The molecule has 1 aromatic heterocycles. The summed E-state index contributed by atoms with van der Waals surface area (Å²) in [5.74, 6) is 1.06. The molecule has 0 bridgehead atoms. The lowest BCUT2D eigenvalue weighted by Gasteiger charge is -2.19. The van der Waals surface area contributed by atoms with Crippen LogP contribution in [0.4, 0.5) is 5.69 Å². The summed E-state index contributed by atoms with van der Waals surface area (Å²) in [5, 5.41) is 3.61. The van der Waals surface area contributed by atoms with E-state index < -0.39 is 0 Å². The van der Waals surface area contributed by atoms with Crippen LogP contribution in [-0.4, -0.2) is 25.0 Å². The molecule has 0 saturated carbocycles. The van der Waals surface area contributed by atoms with E-state index in [1.54, 1.807) is 6.26 Å². The number of para-hydroxylation sites is 1. The summed E-state index contributed by atoms with van der Waals surface area (Å²) in [6.45, 7) is 3.17. The van der Waals surface area contributed by atoms with Crippen molar-refractivity contribution in [1.29, 1.82) is 0 Å². The van der Waals surface area contributed by atoms with Crippen LogP contribution >= 0.6 is 0 Å². The van der Waals surface area contributed by atoms with Gasteiger partial charge in [-0.05, 0) is 51.2 Å². The lowest BCUT2D eigenvalue weighted by atomic mass is 10.1. The average molecular weight is 272 g/mol. The average Bonchev–Trinajstić information content (AvgIpc) is 2.91. The Morgan fingerprint density at radius 3 is 2.65 bits per heavy atom. The van der Waals surface area contributed by atoms with Gasteiger partial charge in [0.15, 0.2) is 0 Å². The van der Waals surface area contributed by atoms with E-state index in [1.807, 2.05) is 12.1 Å². The van der Waals surface area contributed by atoms with Gasteiger partial charge in [0.2, 0.25) is 0 Å². The zero-order chi connectivity index (χ0) is 14.4. The summed E-state index contributed by atoms with van der Waals surface area (Å²) in [7, 11) is 4.19. The van der Waals surface area contributed by atoms with Crippen molar-refractivity contribution in [1.82, 2.24) is 4.90 Å². The molecule has 0 aliphatic carbocycles. The molecule has 2 rings (SSSR count). The Balaban J connectivity index is 1.91. The Bertz CT molecular complexity index is 505. The maximum Gasteiger partial charge on any atom is 0.103 e. The number of hydrogen-bond acceptors (Lipinski definition) is 3. The number of nitrogens with one attached hydrogen (secondary N) is 1. The zero-order valence-corrected chi connectivity index (χ0v) is 12.6. The molecule has 1 aromatic carbocycles. The van der Waals surface area contributed by atoms with Crippen molar-refractivity contribution in [2.45, 2.75) is 32.4 Å². The van der Waals surface area contributed by atoms with Crippen molar-refractivity contribution >= 4 is 5.69 Å². The van der Waals surface area contributed by atoms with Gasteiger partial charge >= 0.3 is 0 Å². The van der Waals surface area contributed by atoms with Gasteiger partial charge < -0.3 is 14.6 Å². The maximum atomic E-state index is 5.38. The second kappa shape index (κ2) is 7.15. The highest BCUT2D eigenvalue weighted by molar-refractivity contribution is 5.51. The number of rotatable bonds is 7. The van der Waals surface area contributed by atoms with E-state index in [1.165, 1.54) is 11.3 Å². The van der Waals surface area contributed by atoms with Crippen LogP contribution in [0.15, 0.2) is 47.1 Å². The van der Waals surface area contributed by atoms with E-state index in [2.05, 4.69) is 55.5 Å². The van der Waals surface area contributed by atoms with E-state index in [-0.39, 0.29) is 0 Å². The Hall–Kier alpha value is -1.74. The van der Waals surface area contributed by atoms with Crippen LogP contribution in [0.5, 0.6) is 0 Å². The molecule has 108 valence electrons. The third-order valence-electron chi connectivity index (χ3n) is 3.31. The third kappa shape index (κ3) is 4.42. The van der Waals surface area contributed by atoms with Crippen molar-refractivity contribution in [3.8, 4) is 0 Å². The van der Waals surface area contributed by atoms with Gasteiger partial charge in [-0.3, -0.25) is 0 Å². The molecule has 1 heterocycles. The fourth-order valence-electron chi connectivity index (χ4n) is 2.29. The lowest BCUT2D eigenvalue weighted by Crippen LogP contribution is -2.19. The highest BCUT2D eigenvalue weighted by Crippen LogP contribution is 2.18. The highest BCUT2D eigenvalue weighted by Gasteiger charge is 2.07. The van der Waals surface area contributed by atoms with Gasteiger partial charge in [-0.25, -0.2) is 0 Å². The molecule has 0 fully saturated rings. The van der Waals surface area contributed by atoms with Gasteiger partial charge in [-0.15, -0.1) is 0 Å². The minimum Gasteiger partial charge on any atom is -0.469 e. The molecule has 0 aliphatic rings. The van der Waals surface area contributed by atoms with Gasteiger partial charge in [0.25, 0.3) is 0 Å². The van der Waals surface area contributed by atoms with Crippen molar-refractivity contribution in [3.63, 3.8) is 0 Å². The van der Waals surface area contributed by atoms with Gasteiger partial charge in [0.05, 0.1) is 6.26 Å². The van der Waals surface area contributed by atoms with Crippen LogP contribution in [0.2, 0.25) is 0 Å². The molecule has 3 nitrogen and oxygen atoms in total. The predicted molar refractivity (Wildman–Crippen MR) is 83.9 cm³/mol. The molecular formula is C17H24N2O. The molecule has 0 saturated heterocycles. The molecule has 20 heavy (non-hydrogen) atoms. The standard InChI is InChI=1S/C17H24N2O/c1-14(10-11-16-8-6-12-20-16)18-17-9-5-4-7-15(17)13-19(2)3/h4-9,12,14,18H,10-11,13H2,1-3H3. The van der Waals surface area contributed by atoms with Gasteiger partial charge in [-0.1, -0.05) is 18.2 Å². The summed E-state index contributed by atoms with van der Waals surface area (Å²) in [5.41, 5.74) is 2.57. The third-order valence-corrected chi connectivity index (χ3v) is 3.31. The molecule has 1 N–H and O–H groups in total. The highest BCUT2D eigenvalue weighted by atomic mass is 16.3. The molecule has 0 aliphatic heterocycles. The van der Waals surface area contributed by atoms with Crippen LogP contribution in [-0.2, 0) is 13.0 Å². The predicted octanol–water partition coefficient (Wildman–Crippen LogP) is 3.77. The van der Waals surface area contributed by atoms with E-state index in [4.69, 9.17) is 4.42 Å². The number of nitrogens with zero attached hydrogens (tertiary/aromatic N) is 1. The topological polar surface area (TPSA) is 28.4 Å². The molecule has 0 spiro atoms. The minimum atomic E-state index is 0.420. The molecule has 3 heteroatoms. The van der Waals surface area contributed by atoms with Gasteiger partial charge in [0.1, 0.15) is 5.76 Å².